The molecule has 0 saturated carbocycles. The number of nitrogens with zero attached hydrogens (tertiary/aromatic N) is 2. The number of benzene rings is 1. The zero-order valence-electron chi connectivity index (χ0n) is 13.2. The lowest BCUT2D eigenvalue weighted by atomic mass is 10.1. The summed E-state index contributed by atoms with van der Waals surface area (Å²) in [6.07, 6.45) is 2.41. The third kappa shape index (κ3) is 3.75. The zero-order chi connectivity index (χ0) is 16.2. The average Bonchev–Trinajstić information content (AvgIpc) is 3.18. The first-order chi connectivity index (χ1) is 11.2. The van der Waals surface area contributed by atoms with Gasteiger partial charge >= 0.3 is 0 Å². The molecule has 23 heavy (non-hydrogen) atoms. The Morgan fingerprint density at radius 3 is 2.83 bits per heavy atom. The minimum absolute atomic E-state index is 0.00871. The fraction of sp³-hybridized carbons (Fsp3) is 0.471. The number of aryl methyl sites for hydroxylation is 1. The molecule has 6 heteroatoms. The molecule has 2 amide bonds. The number of amidine groups is 1. The molecule has 2 heterocycles. The van der Waals surface area contributed by atoms with Crippen LogP contribution in [0.15, 0.2) is 29.3 Å². The smallest absolute Gasteiger partial charge is 0.231 e. The summed E-state index contributed by atoms with van der Waals surface area (Å²) in [4.78, 5) is 30.5. The number of amides is 2. The van der Waals surface area contributed by atoms with Gasteiger partial charge in [0.2, 0.25) is 11.8 Å². The Labute approximate surface area is 140 Å². The van der Waals surface area contributed by atoms with Crippen molar-refractivity contribution in [3.63, 3.8) is 0 Å². The van der Waals surface area contributed by atoms with E-state index >= 15 is 0 Å². The van der Waals surface area contributed by atoms with Crippen LogP contribution in [0.5, 0.6) is 0 Å². The fourth-order valence-electron chi connectivity index (χ4n) is 2.88. The first kappa shape index (κ1) is 16.1. The predicted octanol–water partition coefficient (Wildman–Crippen LogP) is 2.21. The lowest BCUT2D eigenvalue weighted by Crippen LogP contribution is -2.35. The summed E-state index contributed by atoms with van der Waals surface area (Å²) in [5.41, 5.74) is 2.14. The molecule has 0 bridgehead atoms. The zero-order valence-corrected chi connectivity index (χ0v) is 14.1. The summed E-state index contributed by atoms with van der Waals surface area (Å²) in [6.45, 7) is 3.34. The normalized spacial score (nSPS) is 20.7. The molecule has 2 aliphatic heterocycles. The van der Waals surface area contributed by atoms with Crippen molar-refractivity contribution in [1.82, 2.24) is 5.32 Å². The van der Waals surface area contributed by atoms with Crippen molar-refractivity contribution in [1.29, 1.82) is 0 Å². The summed E-state index contributed by atoms with van der Waals surface area (Å²) >= 11 is 1.55. The molecule has 5 nitrogen and oxygen atoms in total. The average molecular weight is 331 g/mol. The molecule has 0 spiro atoms. The van der Waals surface area contributed by atoms with Crippen molar-refractivity contribution >= 4 is 34.4 Å². The molecule has 122 valence electrons. The highest BCUT2D eigenvalue weighted by Gasteiger charge is 2.35. The molecule has 1 fully saturated rings. The first-order valence-electron chi connectivity index (χ1n) is 8.05. The van der Waals surface area contributed by atoms with E-state index in [4.69, 9.17) is 0 Å². The van der Waals surface area contributed by atoms with Gasteiger partial charge in [-0.05, 0) is 24.1 Å². The van der Waals surface area contributed by atoms with Gasteiger partial charge in [-0.25, -0.2) is 0 Å². The molecule has 1 N–H and O–H groups in total. The maximum Gasteiger partial charge on any atom is 0.231 e. The molecule has 2 aliphatic rings. The summed E-state index contributed by atoms with van der Waals surface area (Å²) in [6, 6.07) is 8.06. The standard InChI is InChI=1S/C17H21N3O2S/c1-2-3-12-4-6-14(7-5-12)20-11-13(10-15(20)21)16(22)19-17-18-8-9-23-17/h4-7,13H,2-3,8-11H2,1H3,(H,18,19,22)/t13-/m1/s1. The molecule has 3 rings (SSSR count). The van der Waals surface area contributed by atoms with Gasteiger partial charge in [-0.3, -0.25) is 14.6 Å². The second kappa shape index (κ2) is 7.17. The number of carbonyl (C=O) groups excluding carboxylic acids is 2. The SMILES string of the molecule is CCCc1ccc(N2C[C@H](C(=O)NC3=NCCS3)CC2=O)cc1. The van der Waals surface area contributed by atoms with Gasteiger partial charge < -0.3 is 10.2 Å². The minimum atomic E-state index is -0.304. The van der Waals surface area contributed by atoms with Gasteiger partial charge in [0.1, 0.15) is 0 Å². The maximum atomic E-state index is 12.3. The lowest BCUT2D eigenvalue weighted by molar-refractivity contribution is -0.125. The number of thioether (sulfide) groups is 1. The highest BCUT2D eigenvalue weighted by atomic mass is 32.2. The summed E-state index contributed by atoms with van der Waals surface area (Å²) in [5.74, 6) is 0.517. The van der Waals surface area contributed by atoms with Crippen LogP contribution in [0, 0.1) is 5.92 Å². The number of aliphatic imine (C=N–C) groups is 1. The third-order valence-corrected chi connectivity index (χ3v) is 4.99. The van der Waals surface area contributed by atoms with E-state index < -0.39 is 0 Å². The number of anilines is 1. The van der Waals surface area contributed by atoms with E-state index in [1.807, 2.05) is 12.1 Å². The largest absolute Gasteiger partial charge is 0.312 e. The predicted molar refractivity (Wildman–Crippen MR) is 93.8 cm³/mol. The number of carbonyl (C=O) groups is 2. The van der Waals surface area contributed by atoms with Crippen molar-refractivity contribution in [2.24, 2.45) is 10.9 Å². The van der Waals surface area contributed by atoms with E-state index in [-0.39, 0.29) is 24.2 Å². The highest BCUT2D eigenvalue weighted by Crippen LogP contribution is 2.26. The van der Waals surface area contributed by atoms with Crippen LogP contribution in [0.4, 0.5) is 5.69 Å². The topological polar surface area (TPSA) is 61.8 Å². The molecular formula is C17H21N3O2S. The van der Waals surface area contributed by atoms with Crippen LogP contribution < -0.4 is 10.2 Å². The maximum absolute atomic E-state index is 12.3. The Morgan fingerprint density at radius 2 is 2.17 bits per heavy atom. The van der Waals surface area contributed by atoms with E-state index in [9.17, 15) is 9.59 Å². The van der Waals surface area contributed by atoms with Gasteiger partial charge in [0, 0.05) is 24.4 Å². The molecule has 0 aromatic heterocycles. The van der Waals surface area contributed by atoms with E-state index in [2.05, 4.69) is 29.4 Å². The molecule has 0 unspecified atom stereocenters. The van der Waals surface area contributed by atoms with Crippen molar-refractivity contribution < 1.29 is 9.59 Å². The Bertz CT molecular complexity index is 627. The Balaban J connectivity index is 1.63. The fourth-order valence-corrected chi connectivity index (χ4v) is 3.61. The Morgan fingerprint density at radius 1 is 1.39 bits per heavy atom. The minimum Gasteiger partial charge on any atom is -0.312 e. The van der Waals surface area contributed by atoms with Crippen LogP contribution in [0.1, 0.15) is 25.3 Å². The van der Waals surface area contributed by atoms with E-state index in [0.29, 0.717) is 11.7 Å². The van der Waals surface area contributed by atoms with E-state index in [0.717, 1.165) is 30.8 Å². The first-order valence-corrected chi connectivity index (χ1v) is 9.03. The number of rotatable bonds is 4. The van der Waals surface area contributed by atoms with E-state index in [1.165, 1.54) is 5.56 Å². The monoisotopic (exact) mass is 331 g/mol. The molecule has 1 aromatic carbocycles. The summed E-state index contributed by atoms with van der Waals surface area (Å²) in [5, 5.41) is 3.52. The van der Waals surface area contributed by atoms with Crippen LogP contribution >= 0.6 is 11.8 Å². The highest BCUT2D eigenvalue weighted by molar-refractivity contribution is 8.14. The lowest BCUT2D eigenvalue weighted by Gasteiger charge is -2.17. The Kier molecular flexibility index (Phi) is 5.00. The van der Waals surface area contributed by atoms with Gasteiger partial charge in [-0.2, -0.15) is 0 Å². The second-order valence-corrected chi connectivity index (χ2v) is 6.93. The van der Waals surface area contributed by atoms with E-state index in [1.54, 1.807) is 16.7 Å². The van der Waals surface area contributed by atoms with Crippen molar-refractivity contribution in [3.8, 4) is 0 Å². The van der Waals surface area contributed by atoms with Crippen LogP contribution in [0.2, 0.25) is 0 Å². The van der Waals surface area contributed by atoms with Crippen molar-refractivity contribution in [2.45, 2.75) is 26.2 Å². The molecule has 1 aromatic rings. The molecule has 0 radical (unpaired) electrons. The van der Waals surface area contributed by atoms with Gasteiger partial charge in [0.05, 0.1) is 12.5 Å². The van der Waals surface area contributed by atoms with Crippen LogP contribution in [0.3, 0.4) is 0 Å². The second-order valence-electron chi connectivity index (χ2n) is 5.85. The number of hydrogen-bond donors (Lipinski definition) is 1. The number of nitrogens with one attached hydrogen (secondary N) is 1. The summed E-state index contributed by atoms with van der Waals surface area (Å²) in [7, 11) is 0. The van der Waals surface area contributed by atoms with Crippen molar-refractivity contribution in [2.75, 3.05) is 23.7 Å². The van der Waals surface area contributed by atoms with Crippen LogP contribution in [-0.2, 0) is 16.0 Å². The van der Waals surface area contributed by atoms with Crippen molar-refractivity contribution in [3.05, 3.63) is 29.8 Å². The Hall–Kier alpha value is -1.82. The molecular weight excluding hydrogens is 310 g/mol. The number of hydrogen-bond acceptors (Lipinski definition) is 4. The summed E-state index contributed by atoms with van der Waals surface area (Å²) < 4.78 is 0. The van der Waals surface area contributed by atoms with Gasteiger partial charge in [0.15, 0.2) is 5.17 Å². The quantitative estimate of drug-likeness (QED) is 0.920. The van der Waals surface area contributed by atoms with Gasteiger partial charge in [-0.1, -0.05) is 37.2 Å². The van der Waals surface area contributed by atoms with Gasteiger partial charge in [0.25, 0.3) is 0 Å². The molecule has 1 saturated heterocycles. The molecule has 0 aliphatic carbocycles. The van der Waals surface area contributed by atoms with Gasteiger partial charge in [-0.15, -0.1) is 0 Å². The van der Waals surface area contributed by atoms with Crippen LogP contribution in [0.25, 0.3) is 0 Å². The third-order valence-electron chi connectivity index (χ3n) is 4.10. The molecule has 1 atom stereocenters. The van der Waals surface area contributed by atoms with Crippen LogP contribution in [-0.4, -0.2) is 35.8 Å².